The maximum absolute atomic E-state index is 3.82. The first-order chi connectivity index (χ1) is 4.43. The van der Waals surface area contributed by atoms with Gasteiger partial charge in [-0.15, -0.1) is 12.3 Å². The van der Waals surface area contributed by atoms with E-state index in [4.69, 9.17) is 0 Å². The Morgan fingerprint density at radius 3 is 2.56 bits per heavy atom. The number of rotatable bonds is 2. The average molecular weight is 141 g/mol. The molecule has 52 valence electrons. The molecule has 0 unspecified atom stereocenters. The largest absolute Gasteiger partial charge is 1.00 e. The van der Waals surface area contributed by atoms with E-state index < -0.39 is 0 Å². The van der Waals surface area contributed by atoms with E-state index in [1.807, 2.05) is 0 Å². The van der Waals surface area contributed by atoms with E-state index in [2.05, 4.69) is 12.3 Å². The Hall–Kier alpha value is -0.0431. The Morgan fingerprint density at radius 2 is 2.00 bits per heavy atom. The zero-order valence-corrected chi connectivity index (χ0v) is 7.52. The molecule has 0 amide bonds. The lowest BCUT2D eigenvalue weighted by Crippen LogP contribution is -2.05. The quantitative estimate of drug-likeness (QED) is 0.517. The van der Waals surface area contributed by atoms with E-state index in [1.54, 1.807) is 0 Å². The summed E-state index contributed by atoms with van der Waals surface area (Å²) in [7, 11) is 0.140. The van der Waals surface area contributed by atoms with Crippen molar-refractivity contribution in [2.24, 2.45) is 0 Å². The van der Waals surface area contributed by atoms with Gasteiger partial charge in [0.2, 0.25) is 0 Å². The molecule has 1 rings (SSSR count). The maximum Gasteiger partial charge on any atom is 1.00 e. The first kappa shape index (κ1) is 7.07. The fourth-order valence-corrected chi connectivity index (χ4v) is 3.18. The fourth-order valence-electron chi connectivity index (χ4n) is 1.66. The molecule has 9 heavy (non-hydrogen) atoms. The van der Waals surface area contributed by atoms with Crippen LogP contribution < -0.4 is 0 Å². The summed E-state index contributed by atoms with van der Waals surface area (Å²) in [6.07, 6.45) is 7.50. The summed E-state index contributed by atoms with van der Waals surface area (Å²) in [5, 5.41) is 0. The first-order valence-electron chi connectivity index (χ1n) is 4.04. The van der Waals surface area contributed by atoms with Gasteiger partial charge >= 0.3 is 1.43 Å². The molecule has 0 heterocycles. The van der Waals surface area contributed by atoms with Crippen molar-refractivity contribution < 1.29 is 1.43 Å². The molecule has 0 bridgehead atoms. The molecule has 1 heteroatoms. The zero-order valence-electron chi connectivity index (χ0n) is 7.10. The highest BCUT2D eigenvalue weighted by Crippen LogP contribution is 2.27. The number of hydrogen-bond donors (Lipinski definition) is 0. The Morgan fingerprint density at radius 1 is 1.33 bits per heavy atom. The number of hydrogen-bond acceptors (Lipinski definition) is 0. The minimum absolute atomic E-state index is 0. The van der Waals surface area contributed by atoms with Gasteiger partial charge in [-0.1, -0.05) is 32.1 Å². The molecule has 0 nitrogen and oxygen atoms in total. The van der Waals surface area contributed by atoms with Crippen LogP contribution in [0.5, 0.6) is 0 Å². The lowest BCUT2D eigenvalue weighted by Gasteiger charge is -2.18. The molecule has 1 aliphatic carbocycles. The molecule has 0 aromatic heterocycles. The van der Waals surface area contributed by atoms with Crippen LogP contribution in [-0.4, -0.2) is 9.52 Å². The van der Waals surface area contributed by atoms with Crippen molar-refractivity contribution in [1.82, 2.24) is 0 Å². The standard InChI is InChI=1S/C8H16Si/c1-2-9-8-6-4-3-5-7-8/h2,8H,1,3-7,9H2/p+1. The van der Waals surface area contributed by atoms with Crippen LogP contribution in [0.1, 0.15) is 33.5 Å². The summed E-state index contributed by atoms with van der Waals surface area (Å²) in [6.45, 7) is 3.82. The van der Waals surface area contributed by atoms with Crippen molar-refractivity contribution >= 4 is 9.52 Å². The molecule has 0 spiro atoms. The molecular formula is C8H17Si+. The van der Waals surface area contributed by atoms with Crippen molar-refractivity contribution in [2.45, 2.75) is 37.6 Å². The van der Waals surface area contributed by atoms with Crippen molar-refractivity contribution in [3.05, 3.63) is 12.3 Å². The molecule has 0 N–H and O–H groups in total. The predicted molar refractivity (Wildman–Crippen MR) is 46.7 cm³/mol. The molecule has 1 saturated carbocycles. The van der Waals surface area contributed by atoms with Gasteiger partial charge in [0, 0.05) is 9.52 Å². The molecule has 1 aliphatic rings. The topological polar surface area (TPSA) is 0 Å². The van der Waals surface area contributed by atoms with Gasteiger partial charge in [-0.25, -0.2) is 0 Å². The normalized spacial score (nSPS) is 23.1. The third-order valence-electron chi connectivity index (χ3n) is 2.22. The maximum atomic E-state index is 3.82. The molecule has 0 aliphatic heterocycles. The van der Waals surface area contributed by atoms with Gasteiger partial charge in [0.1, 0.15) is 0 Å². The summed E-state index contributed by atoms with van der Waals surface area (Å²) >= 11 is 0. The lowest BCUT2D eigenvalue weighted by atomic mass is 10.0. The van der Waals surface area contributed by atoms with E-state index >= 15 is 0 Å². The predicted octanol–water partition coefficient (Wildman–Crippen LogP) is 2.16. The summed E-state index contributed by atoms with van der Waals surface area (Å²) in [6, 6.07) is 0. The van der Waals surface area contributed by atoms with Crippen LogP contribution in [0.3, 0.4) is 0 Å². The van der Waals surface area contributed by atoms with Crippen LogP contribution in [-0.2, 0) is 0 Å². The van der Waals surface area contributed by atoms with Crippen LogP contribution in [0.25, 0.3) is 0 Å². The Bertz CT molecular complexity index is 87.3. The van der Waals surface area contributed by atoms with Gasteiger partial charge in [-0.05, 0) is 5.54 Å². The van der Waals surface area contributed by atoms with E-state index in [1.165, 1.54) is 32.1 Å². The molecule has 0 atom stereocenters. The summed E-state index contributed by atoms with van der Waals surface area (Å²) < 4.78 is 0. The zero-order chi connectivity index (χ0) is 6.53. The molecule has 0 aromatic carbocycles. The van der Waals surface area contributed by atoms with Gasteiger partial charge in [0.15, 0.2) is 0 Å². The molecule has 0 saturated heterocycles. The third kappa shape index (κ3) is 2.35. The SMILES string of the molecule is C=C[SiH2]C1CCCCC1.[H+]. The summed E-state index contributed by atoms with van der Waals surface area (Å²) in [5.74, 6) is 0. The minimum Gasteiger partial charge on any atom is -0.108 e. The first-order valence-corrected chi connectivity index (χ1v) is 5.67. The highest BCUT2D eigenvalue weighted by Gasteiger charge is 2.10. The van der Waals surface area contributed by atoms with Gasteiger partial charge in [0.05, 0.1) is 0 Å². The second-order valence-electron chi connectivity index (χ2n) is 3.03. The van der Waals surface area contributed by atoms with Gasteiger partial charge in [0.25, 0.3) is 0 Å². The van der Waals surface area contributed by atoms with Crippen LogP contribution in [0.4, 0.5) is 0 Å². The van der Waals surface area contributed by atoms with Crippen molar-refractivity contribution in [3.63, 3.8) is 0 Å². The van der Waals surface area contributed by atoms with Crippen LogP contribution >= 0.6 is 0 Å². The van der Waals surface area contributed by atoms with Crippen molar-refractivity contribution in [2.75, 3.05) is 0 Å². The van der Waals surface area contributed by atoms with Crippen LogP contribution in [0.2, 0.25) is 5.54 Å². The lowest BCUT2D eigenvalue weighted by molar-refractivity contribution is 0.502. The van der Waals surface area contributed by atoms with E-state index in [9.17, 15) is 0 Å². The van der Waals surface area contributed by atoms with E-state index in [0.29, 0.717) is 0 Å². The van der Waals surface area contributed by atoms with Gasteiger partial charge in [-0.2, -0.15) is 0 Å². The van der Waals surface area contributed by atoms with Crippen molar-refractivity contribution in [3.8, 4) is 0 Å². The average Bonchev–Trinajstić information content (AvgIpc) is 1.91. The fraction of sp³-hybridized carbons (Fsp3) is 0.750. The second kappa shape index (κ2) is 3.88. The second-order valence-corrected chi connectivity index (χ2v) is 5.23. The van der Waals surface area contributed by atoms with E-state index in [0.717, 1.165) is 5.54 Å². The summed E-state index contributed by atoms with van der Waals surface area (Å²) in [5.41, 5.74) is 3.33. The highest BCUT2D eigenvalue weighted by atomic mass is 28.2. The minimum atomic E-state index is 0. The molecule has 1 fully saturated rings. The smallest absolute Gasteiger partial charge is 0.108 e. The highest BCUT2D eigenvalue weighted by molar-refractivity contribution is 6.43. The van der Waals surface area contributed by atoms with Gasteiger partial charge < -0.3 is 0 Å². The molecule has 0 aromatic rings. The van der Waals surface area contributed by atoms with Gasteiger partial charge in [-0.3, -0.25) is 0 Å². The third-order valence-corrected chi connectivity index (χ3v) is 4.04. The molecular weight excluding hydrogens is 124 g/mol. The summed E-state index contributed by atoms with van der Waals surface area (Å²) in [4.78, 5) is 0. The Labute approximate surface area is 61.7 Å². The van der Waals surface area contributed by atoms with Crippen LogP contribution in [0.15, 0.2) is 12.3 Å². The monoisotopic (exact) mass is 141 g/mol. The van der Waals surface area contributed by atoms with Crippen molar-refractivity contribution in [1.29, 1.82) is 0 Å². The van der Waals surface area contributed by atoms with Crippen LogP contribution in [0, 0.1) is 0 Å². The van der Waals surface area contributed by atoms with E-state index in [-0.39, 0.29) is 10.9 Å². The Balaban J connectivity index is 0.000000810. The Kier molecular flexibility index (Phi) is 3.05. The molecule has 0 radical (unpaired) electrons.